The maximum atomic E-state index is 10.8. The number of carbonyl (C=O) groups is 1. The van der Waals surface area contributed by atoms with Crippen LogP contribution in [0.3, 0.4) is 0 Å². The minimum Gasteiger partial charge on any atom is -0.480 e. The Kier molecular flexibility index (Phi) is 8.17. The molecule has 0 rings (SSSR count). The van der Waals surface area contributed by atoms with Crippen LogP contribution in [0.15, 0.2) is 0 Å². The van der Waals surface area contributed by atoms with Gasteiger partial charge in [-0.25, -0.2) is 0 Å². The first-order valence-electron chi connectivity index (χ1n) is 6.68. The van der Waals surface area contributed by atoms with E-state index in [1.54, 1.807) is 6.92 Å². The van der Waals surface area contributed by atoms with Crippen LogP contribution in [0.25, 0.3) is 0 Å². The number of hydrogen-bond acceptors (Lipinski definition) is 3. The van der Waals surface area contributed by atoms with Gasteiger partial charge >= 0.3 is 5.97 Å². The van der Waals surface area contributed by atoms with Crippen LogP contribution in [-0.4, -0.2) is 41.1 Å². The molecule has 0 bridgehead atoms. The second-order valence-corrected chi connectivity index (χ2v) is 5.02. The van der Waals surface area contributed by atoms with Gasteiger partial charge in [-0.15, -0.1) is 0 Å². The van der Waals surface area contributed by atoms with E-state index >= 15 is 0 Å². The van der Waals surface area contributed by atoms with Crippen LogP contribution >= 0.6 is 0 Å². The summed E-state index contributed by atoms with van der Waals surface area (Å²) < 4.78 is 0. The molecule has 0 aromatic carbocycles. The highest BCUT2D eigenvalue weighted by atomic mass is 16.4. The van der Waals surface area contributed by atoms with Crippen molar-refractivity contribution in [1.82, 2.24) is 4.90 Å². The van der Waals surface area contributed by atoms with E-state index < -0.39 is 11.5 Å². The lowest BCUT2D eigenvalue weighted by Gasteiger charge is -2.22. The standard InChI is InChI=1S/C13H28N2O2/c1-4-9-15(10-5-2)11-7-6-8-13(3,14)12(16)17/h4-11,14H2,1-3H3,(H,16,17). The molecule has 3 N–H and O–H groups in total. The second-order valence-electron chi connectivity index (χ2n) is 5.02. The molecule has 0 radical (unpaired) electrons. The number of carboxylic acids is 1. The van der Waals surface area contributed by atoms with E-state index in [2.05, 4.69) is 18.7 Å². The Morgan fingerprint density at radius 1 is 1.18 bits per heavy atom. The van der Waals surface area contributed by atoms with Gasteiger partial charge in [0.2, 0.25) is 0 Å². The number of rotatable bonds is 10. The smallest absolute Gasteiger partial charge is 0.323 e. The van der Waals surface area contributed by atoms with E-state index in [0.717, 1.165) is 32.5 Å². The van der Waals surface area contributed by atoms with Crippen molar-refractivity contribution in [2.75, 3.05) is 19.6 Å². The third-order valence-corrected chi connectivity index (χ3v) is 2.99. The number of carboxylic acid groups (broad SMARTS) is 1. The Labute approximate surface area is 105 Å². The molecule has 0 heterocycles. The van der Waals surface area contributed by atoms with E-state index in [1.165, 1.54) is 12.8 Å². The van der Waals surface area contributed by atoms with Crippen LogP contribution in [0.4, 0.5) is 0 Å². The molecule has 0 fully saturated rings. The Balaban J connectivity index is 3.77. The first kappa shape index (κ1) is 16.4. The lowest BCUT2D eigenvalue weighted by Crippen LogP contribution is -2.44. The minimum atomic E-state index is -1.07. The van der Waals surface area contributed by atoms with Crippen LogP contribution < -0.4 is 5.73 Å². The van der Waals surface area contributed by atoms with Crippen molar-refractivity contribution in [2.24, 2.45) is 5.73 Å². The summed E-state index contributed by atoms with van der Waals surface area (Å²) in [5.41, 5.74) is 4.61. The van der Waals surface area contributed by atoms with Gasteiger partial charge in [0.1, 0.15) is 5.54 Å². The van der Waals surface area contributed by atoms with Crippen LogP contribution in [0.1, 0.15) is 52.9 Å². The topological polar surface area (TPSA) is 66.6 Å². The largest absolute Gasteiger partial charge is 0.480 e. The molecule has 1 unspecified atom stereocenters. The summed E-state index contributed by atoms with van der Waals surface area (Å²) in [5.74, 6) is -0.906. The zero-order chi connectivity index (χ0) is 13.3. The third-order valence-electron chi connectivity index (χ3n) is 2.99. The van der Waals surface area contributed by atoms with E-state index in [1.807, 2.05) is 0 Å². The highest BCUT2D eigenvalue weighted by Crippen LogP contribution is 2.11. The molecular weight excluding hydrogens is 216 g/mol. The van der Waals surface area contributed by atoms with E-state index in [9.17, 15) is 4.79 Å². The molecule has 0 amide bonds. The molecule has 102 valence electrons. The summed E-state index contributed by atoms with van der Waals surface area (Å²) in [4.78, 5) is 13.3. The molecule has 0 aliphatic rings. The van der Waals surface area contributed by atoms with Gasteiger partial charge in [-0.1, -0.05) is 13.8 Å². The maximum absolute atomic E-state index is 10.8. The van der Waals surface area contributed by atoms with Crippen molar-refractivity contribution >= 4 is 5.97 Å². The fourth-order valence-electron chi connectivity index (χ4n) is 1.90. The van der Waals surface area contributed by atoms with Crippen LogP contribution in [0, 0.1) is 0 Å². The van der Waals surface area contributed by atoms with E-state index in [0.29, 0.717) is 6.42 Å². The van der Waals surface area contributed by atoms with Crippen molar-refractivity contribution in [3.63, 3.8) is 0 Å². The van der Waals surface area contributed by atoms with Crippen molar-refractivity contribution in [1.29, 1.82) is 0 Å². The Bertz CT molecular complexity index is 211. The van der Waals surface area contributed by atoms with E-state index in [4.69, 9.17) is 10.8 Å². The van der Waals surface area contributed by atoms with Gasteiger partial charge in [0.15, 0.2) is 0 Å². The fraction of sp³-hybridized carbons (Fsp3) is 0.923. The Morgan fingerprint density at radius 3 is 2.12 bits per heavy atom. The molecule has 4 heteroatoms. The maximum Gasteiger partial charge on any atom is 0.323 e. The van der Waals surface area contributed by atoms with Crippen molar-refractivity contribution < 1.29 is 9.90 Å². The second kappa shape index (κ2) is 8.48. The Morgan fingerprint density at radius 2 is 1.71 bits per heavy atom. The minimum absolute atomic E-state index is 0.550. The number of unbranched alkanes of at least 4 members (excludes halogenated alkanes) is 1. The van der Waals surface area contributed by atoms with Gasteiger partial charge in [-0.05, 0) is 58.7 Å². The van der Waals surface area contributed by atoms with Gasteiger partial charge < -0.3 is 15.7 Å². The van der Waals surface area contributed by atoms with E-state index in [-0.39, 0.29) is 0 Å². The first-order valence-corrected chi connectivity index (χ1v) is 6.68. The monoisotopic (exact) mass is 244 g/mol. The molecular formula is C13H28N2O2. The predicted octanol–water partition coefficient (Wildman–Crippen LogP) is 2.08. The highest BCUT2D eigenvalue weighted by Gasteiger charge is 2.26. The summed E-state index contributed by atoms with van der Waals surface area (Å²) in [6.07, 6.45) is 4.80. The lowest BCUT2D eigenvalue weighted by molar-refractivity contribution is -0.142. The molecule has 17 heavy (non-hydrogen) atoms. The molecule has 0 saturated heterocycles. The summed E-state index contributed by atoms with van der Waals surface area (Å²) in [6, 6.07) is 0. The molecule has 0 aliphatic carbocycles. The predicted molar refractivity (Wildman–Crippen MR) is 71.1 cm³/mol. The lowest BCUT2D eigenvalue weighted by atomic mass is 9.96. The highest BCUT2D eigenvalue weighted by molar-refractivity contribution is 5.77. The molecule has 4 nitrogen and oxygen atoms in total. The van der Waals surface area contributed by atoms with Crippen LogP contribution in [0.5, 0.6) is 0 Å². The number of hydrogen-bond donors (Lipinski definition) is 2. The van der Waals surface area contributed by atoms with Gasteiger partial charge in [-0.2, -0.15) is 0 Å². The van der Waals surface area contributed by atoms with Gasteiger partial charge in [0.25, 0.3) is 0 Å². The fourth-order valence-corrected chi connectivity index (χ4v) is 1.90. The van der Waals surface area contributed by atoms with Crippen molar-refractivity contribution in [2.45, 2.75) is 58.4 Å². The molecule has 0 saturated carbocycles. The molecule has 0 aromatic heterocycles. The number of aliphatic carboxylic acids is 1. The zero-order valence-electron chi connectivity index (χ0n) is 11.5. The molecule has 0 aliphatic heterocycles. The van der Waals surface area contributed by atoms with Crippen molar-refractivity contribution in [3.8, 4) is 0 Å². The summed E-state index contributed by atoms with van der Waals surface area (Å²) in [5, 5.41) is 8.88. The average Bonchev–Trinajstić information content (AvgIpc) is 2.24. The summed E-state index contributed by atoms with van der Waals surface area (Å²) >= 11 is 0. The zero-order valence-corrected chi connectivity index (χ0v) is 11.5. The van der Waals surface area contributed by atoms with Gasteiger partial charge in [-0.3, -0.25) is 4.79 Å². The SMILES string of the molecule is CCCN(CCC)CCCCC(C)(N)C(=O)O. The number of nitrogens with two attached hydrogens (primary N) is 1. The molecule has 0 aromatic rings. The molecule has 0 spiro atoms. The number of nitrogens with zero attached hydrogens (tertiary/aromatic N) is 1. The third kappa shape index (κ3) is 7.34. The van der Waals surface area contributed by atoms with Crippen molar-refractivity contribution in [3.05, 3.63) is 0 Å². The quantitative estimate of drug-likeness (QED) is 0.577. The molecule has 1 atom stereocenters. The van der Waals surface area contributed by atoms with Gasteiger partial charge in [0, 0.05) is 0 Å². The summed E-state index contributed by atoms with van der Waals surface area (Å²) in [7, 11) is 0. The summed E-state index contributed by atoms with van der Waals surface area (Å²) in [6.45, 7) is 9.27. The average molecular weight is 244 g/mol. The van der Waals surface area contributed by atoms with Gasteiger partial charge in [0.05, 0.1) is 0 Å². The Hall–Kier alpha value is -0.610. The van der Waals surface area contributed by atoms with Crippen LogP contribution in [0.2, 0.25) is 0 Å². The normalized spacial score (nSPS) is 14.9. The first-order chi connectivity index (χ1) is 7.94. The van der Waals surface area contributed by atoms with Crippen LogP contribution in [-0.2, 0) is 4.79 Å².